The van der Waals surface area contributed by atoms with Crippen molar-refractivity contribution in [1.82, 2.24) is 0 Å². The zero-order chi connectivity index (χ0) is 19.2. The van der Waals surface area contributed by atoms with Crippen LogP contribution in [0.3, 0.4) is 0 Å². The molecule has 2 bridgehead atoms. The molecule has 6 atom stereocenters. The number of hydrogen-bond acceptors (Lipinski definition) is 8. The van der Waals surface area contributed by atoms with E-state index >= 15 is 0 Å². The van der Waals surface area contributed by atoms with E-state index in [2.05, 4.69) is 0 Å². The van der Waals surface area contributed by atoms with Crippen molar-refractivity contribution < 1.29 is 38.1 Å². The molecule has 1 aliphatic heterocycles. The summed E-state index contributed by atoms with van der Waals surface area (Å²) in [7, 11) is 1.27. The largest absolute Gasteiger partial charge is 0.469 e. The molecule has 1 heterocycles. The number of carbonyl (C=O) groups is 4. The molecule has 3 aliphatic rings. The van der Waals surface area contributed by atoms with Gasteiger partial charge in [0.05, 0.1) is 24.4 Å². The highest BCUT2D eigenvalue weighted by Gasteiger charge is 2.70. The molecule has 0 aromatic heterocycles. The Morgan fingerprint density at radius 2 is 1.92 bits per heavy atom. The molecule has 3 fully saturated rings. The fraction of sp³-hybridized carbons (Fsp3) is 0.778. The van der Waals surface area contributed by atoms with Gasteiger partial charge in [-0.1, -0.05) is 6.92 Å². The lowest BCUT2D eigenvalue weighted by atomic mass is 9.78. The van der Waals surface area contributed by atoms with Crippen LogP contribution in [0.1, 0.15) is 33.6 Å². The van der Waals surface area contributed by atoms with Crippen LogP contribution in [-0.2, 0) is 38.1 Å². The maximum absolute atomic E-state index is 12.1. The van der Waals surface area contributed by atoms with Crippen molar-refractivity contribution in [2.24, 2.45) is 29.1 Å². The smallest absolute Gasteiger partial charge is 0.344 e. The molecule has 3 rings (SSSR count). The highest BCUT2D eigenvalue weighted by atomic mass is 16.6. The Morgan fingerprint density at radius 3 is 2.54 bits per heavy atom. The third-order valence-electron chi connectivity index (χ3n) is 6.04. The predicted molar refractivity (Wildman–Crippen MR) is 85.4 cm³/mol. The van der Waals surface area contributed by atoms with E-state index in [9.17, 15) is 19.2 Å². The summed E-state index contributed by atoms with van der Waals surface area (Å²) >= 11 is 0. The summed E-state index contributed by atoms with van der Waals surface area (Å²) < 4.78 is 20.6. The average molecular weight is 368 g/mol. The van der Waals surface area contributed by atoms with Crippen LogP contribution in [0.25, 0.3) is 0 Å². The van der Waals surface area contributed by atoms with Crippen LogP contribution < -0.4 is 0 Å². The first kappa shape index (κ1) is 18.7. The van der Waals surface area contributed by atoms with Crippen LogP contribution in [0.15, 0.2) is 0 Å². The van der Waals surface area contributed by atoms with Gasteiger partial charge < -0.3 is 18.9 Å². The highest BCUT2D eigenvalue weighted by Crippen LogP contribution is 2.58. The van der Waals surface area contributed by atoms with E-state index in [1.807, 2.05) is 6.92 Å². The van der Waals surface area contributed by atoms with E-state index in [1.165, 1.54) is 7.11 Å². The molecule has 8 nitrogen and oxygen atoms in total. The third-order valence-corrected chi connectivity index (χ3v) is 6.04. The monoisotopic (exact) mass is 368 g/mol. The third kappa shape index (κ3) is 2.85. The number of fused-ring (bicyclic) bond motifs is 1. The SMILES string of the molecule is CCC(C)(C)C(=O)OCC(=O)OC1C2CC3C1OC(=O)C3C2C(=O)OC. The van der Waals surface area contributed by atoms with Gasteiger partial charge in [0.25, 0.3) is 0 Å². The molecule has 2 saturated carbocycles. The summed E-state index contributed by atoms with van der Waals surface area (Å²) in [5.74, 6) is -3.76. The molecule has 2 aliphatic carbocycles. The maximum atomic E-state index is 12.1. The van der Waals surface area contributed by atoms with E-state index in [-0.39, 0.29) is 11.8 Å². The van der Waals surface area contributed by atoms with Crippen molar-refractivity contribution in [1.29, 1.82) is 0 Å². The minimum Gasteiger partial charge on any atom is -0.469 e. The van der Waals surface area contributed by atoms with Gasteiger partial charge in [0.2, 0.25) is 0 Å². The number of rotatable bonds is 6. The second kappa shape index (κ2) is 6.55. The summed E-state index contributed by atoms with van der Waals surface area (Å²) in [5, 5.41) is 0. The summed E-state index contributed by atoms with van der Waals surface area (Å²) in [6.45, 7) is 4.81. The van der Waals surface area contributed by atoms with Crippen LogP contribution in [0.4, 0.5) is 0 Å². The van der Waals surface area contributed by atoms with Crippen molar-refractivity contribution in [3.8, 4) is 0 Å². The van der Waals surface area contributed by atoms with Gasteiger partial charge in [-0.2, -0.15) is 0 Å². The molecule has 0 aromatic rings. The van der Waals surface area contributed by atoms with Crippen molar-refractivity contribution in [3.05, 3.63) is 0 Å². The minimum atomic E-state index is -0.717. The molecule has 144 valence electrons. The normalized spacial score (nSPS) is 34.4. The molecule has 26 heavy (non-hydrogen) atoms. The lowest BCUT2D eigenvalue weighted by Crippen LogP contribution is -2.44. The number of hydrogen-bond donors (Lipinski definition) is 0. The second-order valence-corrected chi connectivity index (χ2v) is 7.81. The Hall–Kier alpha value is -2.12. The van der Waals surface area contributed by atoms with Gasteiger partial charge in [-0.05, 0) is 26.7 Å². The number of ether oxygens (including phenoxy) is 4. The van der Waals surface area contributed by atoms with Crippen LogP contribution >= 0.6 is 0 Å². The standard InChI is InChI=1S/C18H24O8/c1-5-18(2,3)17(22)24-7-10(19)25-13-8-6-9-12(11(8)15(20)23-4)16(21)26-14(9)13/h8-9,11-14H,5-7H2,1-4H3. The predicted octanol–water partition coefficient (Wildman–Crippen LogP) is 0.858. The Bertz CT molecular complexity index is 639. The average Bonchev–Trinajstić information content (AvgIpc) is 3.22. The second-order valence-electron chi connectivity index (χ2n) is 7.81. The van der Waals surface area contributed by atoms with E-state index in [1.54, 1.807) is 13.8 Å². The number of carbonyl (C=O) groups excluding carboxylic acids is 4. The molecule has 8 heteroatoms. The van der Waals surface area contributed by atoms with Crippen molar-refractivity contribution in [2.45, 2.75) is 45.8 Å². The molecule has 0 radical (unpaired) electrons. The van der Waals surface area contributed by atoms with E-state index < -0.39 is 59.9 Å². The zero-order valence-electron chi connectivity index (χ0n) is 15.4. The van der Waals surface area contributed by atoms with Crippen LogP contribution in [0.5, 0.6) is 0 Å². The summed E-state index contributed by atoms with van der Waals surface area (Å²) in [6.07, 6.45) is -0.100. The summed E-state index contributed by atoms with van der Waals surface area (Å²) in [6, 6.07) is 0. The summed E-state index contributed by atoms with van der Waals surface area (Å²) in [5.41, 5.74) is -0.684. The maximum Gasteiger partial charge on any atom is 0.344 e. The van der Waals surface area contributed by atoms with E-state index in [4.69, 9.17) is 18.9 Å². The Labute approximate surface area is 151 Å². The van der Waals surface area contributed by atoms with Crippen LogP contribution in [0.2, 0.25) is 0 Å². The van der Waals surface area contributed by atoms with Gasteiger partial charge in [0, 0.05) is 11.8 Å². The summed E-state index contributed by atoms with van der Waals surface area (Å²) in [4.78, 5) is 48.3. The molecule has 0 spiro atoms. The van der Waals surface area contributed by atoms with Gasteiger partial charge >= 0.3 is 23.9 Å². The van der Waals surface area contributed by atoms with Crippen molar-refractivity contribution >= 4 is 23.9 Å². The van der Waals surface area contributed by atoms with Crippen molar-refractivity contribution in [2.75, 3.05) is 13.7 Å². The van der Waals surface area contributed by atoms with Gasteiger partial charge in [0.1, 0.15) is 12.2 Å². The lowest BCUT2D eigenvalue weighted by Gasteiger charge is -2.30. The molecular formula is C18H24O8. The van der Waals surface area contributed by atoms with E-state index in [0.717, 1.165) is 0 Å². The first-order valence-corrected chi connectivity index (χ1v) is 8.86. The topological polar surface area (TPSA) is 105 Å². The Balaban J connectivity index is 1.63. The lowest BCUT2D eigenvalue weighted by molar-refractivity contribution is -0.174. The van der Waals surface area contributed by atoms with E-state index in [0.29, 0.717) is 12.8 Å². The molecule has 6 unspecified atom stereocenters. The van der Waals surface area contributed by atoms with Gasteiger partial charge in [0.15, 0.2) is 6.61 Å². The van der Waals surface area contributed by atoms with Gasteiger partial charge in [-0.25, -0.2) is 4.79 Å². The Kier molecular flexibility index (Phi) is 4.71. The quantitative estimate of drug-likeness (QED) is 0.502. The van der Waals surface area contributed by atoms with Crippen LogP contribution in [-0.4, -0.2) is 49.8 Å². The molecule has 0 amide bonds. The number of esters is 4. The molecular weight excluding hydrogens is 344 g/mol. The fourth-order valence-electron chi connectivity index (χ4n) is 4.25. The minimum absolute atomic E-state index is 0.143. The van der Waals surface area contributed by atoms with Gasteiger partial charge in [-0.15, -0.1) is 0 Å². The Morgan fingerprint density at radius 1 is 1.23 bits per heavy atom. The first-order chi connectivity index (χ1) is 12.2. The van der Waals surface area contributed by atoms with Gasteiger partial charge in [-0.3, -0.25) is 14.4 Å². The van der Waals surface area contributed by atoms with Crippen molar-refractivity contribution in [3.63, 3.8) is 0 Å². The van der Waals surface area contributed by atoms with Crippen LogP contribution in [0, 0.1) is 29.1 Å². The highest BCUT2D eigenvalue weighted by molar-refractivity contribution is 5.86. The molecule has 0 aromatic carbocycles. The molecule has 1 saturated heterocycles. The molecule has 0 N–H and O–H groups in total. The zero-order valence-corrected chi connectivity index (χ0v) is 15.4. The number of methoxy groups -OCH3 is 1. The first-order valence-electron chi connectivity index (χ1n) is 8.86. The fourth-order valence-corrected chi connectivity index (χ4v) is 4.25.